The van der Waals surface area contributed by atoms with Crippen molar-refractivity contribution >= 4 is 29.0 Å². The van der Waals surface area contributed by atoms with E-state index in [0.29, 0.717) is 27.3 Å². The number of ether oxygens (including phenoxy) is 1. The highest BCUT2D eigenvalue weighted by Gasteiger charge is 2.12. The summed E-state index contributed by atoms with van der Waals surface area (Å²) in [5.41, 5.74) is 1.87. The Bertz CT molecular complexity index is 1170. The molecule has 1 aromatic carbocycles. The molecular weight excluding hydrogens is 386 g/mol. The zero-order valence-electron chi connectivity index (χ0n) is 14.2. The lowest BCUT2D eigenvalue weighted by atomic mass is 10.3. The summed E-state index contributed by atoms with van der Waals surface area (Å²) in [4.78, 5) is 16.8. The van der Waals surface area contributed by atoms with Crippen molar-refractivity contribution in [2.45, 2.75) is 10.9 Å². The number of nitrogens with zero attached hydrogens (tertiary/aromatic N) is 5. The fourth-order valence-corrected chi connectivity index (χ4v) is 3.63. The number of hydrogen-bond donors (Lipinski definition) is 0. The van der Waals surface area contributed by atoms with Gasteiger partial charge in [-0.25, -0.2) is 4.98 Å². The van der Waals surface area contributed by atoms with Gasteiger partial charge in [0.05, 0.1) is 23.5 Å². The van der Waals surface area contributed by atoms with E-state index in [1.807, 2.05) is 28.8 Å². The Morgan fingerprint density at radius 1 is 1.22 bits per heavy atom. The third kappa shape index (κ3) is 3.54. The van der Waals surface area contributed by atoms with Crippen LogP contribution in [0.4, 0.5) is 0 Å². The van der Waals surface area contributed by atoms with Crippen molar-refractivity contribution in [1.29, 1.82) is 0 Å². The first kappa shape index (κ1) is 17.6. The third-order valence-corrected chi connectivity index (χ3v) is 5.09. The molecule has 3 aromatic heterocycles. The van der Waals surface area contributed by atoms with Crippen LogP contribution in [0.5, 0.6) is 5.75 Å². The molecule has 9 heteroatoms. The number of benzene rings is 1. The summed E-state index contributed by atoms with van der Waals surface area (Å²) in [6.45, 7) is 0. The number of rotatable bonds is 5. The lowest BCUT2D eigenvalue weighted by Gasteiger charge is -2.10. The monoisotopic (exact) mass is 399 g/mol. The van der Waals surface area contributed by atoms with Crippen LogP contribution in [0.25, 0.3) is 11.3 Å². The van der Waals surface area contributed by atoms with Gasteiger partial charge in [0.25, 0.3) is 5.56 Å². The van der Waals surface area contributed by atoms with E-state index in [-0.39, 0.29) is 5.56 Å². The second-order valence-electron chi connectivity index (χ2n) is 5.61. The Kier molecular flexibility index (Phi) is 4.83. The van der Waals surface area contributed by atoms with E-state index >= 15 is 0 Å². The van der Waals surface area contributed by atoms with Crippen molar-refractivity contribution in [1.82, 2.24) is 24.1 Å². The average Bonchev–Trinajstić information content (AvgIpc) is 3.15. The second kappa shape index (κ2) is 7.42. The first-order chi connectivity index (χ1) is 13.2. The average molecular weight is 400 g/mol. The summed E-state index contributed by atoms with van der Waals surface area (Å²) in [6.07, 6.45) is 3.19. The van der Waals surface area contributed by atoms with Crippen LogP contribution in [0.2, 0.25) is 5.02 Å². The minimum absolute atomic E-state index is 0.177. The Morgan fingerprint density at radius 3 is 2.93 bits per heavy atom. The fraction of sp³-hybridized carbons (Fsp3) is 0.111. The molecule has 0 unspecified atom stereocenters. The van der Waals surface area contributed by atoms with Crippen LogP contribution in [0.15, 0.2) is 64.9 Å². The number of pyridine rings is 1. The summed E-state index contributed by atoms with van der Waals surface area (Å²) in [7, 11) is 1.62. The highest BCUT2D eigenvalue weighted by Crippen LogP contribution is 2.27. The van der Waals surface area contributed by atoms with Gasteiger partial charge in [-0.05, 0) is 24.3 Å². The van der Waals surface area contributed by atoms with Crippen molar-refractivity contribution in [2.24, 2.45) is 0 Å². The number of hydrogen-bond acceptors (Lipinski definition) is 6. The van der Waals surface area contributed by atoms with Crippen molar-refractivity contribution < 1.29 is 4.74 Å². The maximum absolute atomic E-state index is 12.3. The number of thioether (sulfide) groups is 1. The molecular formula is C18H14ClN5O2S. The molecule has 0 aliphatic carbocycles. The largest absolute Gasteiger partial charge is 0.495 e. The Hall–Kier alpha value is -2.84. The van der Waals surface area contributed by atoms with Gasteiger partial charge in [-0.15, -0.1) is 10.2 Å². The van der Waals surface area contributed by atoms with E-state index in [0.717, 1.165) is 11.4 Å². The zero-order chi connectivity index (χ0) is 18.8. The Balaban J connectivity index is 1.62. The number of halogens is 1. The maximum atomic E-state index is 12.3. The molecule has 3 heterocycles. The van der Waals surface area contributed by atoms with E-state index in [1.165, 1.54) is 22.2 Å². The SMILES string of the molecule is COc1ccccc1-n1cnnc1SCc1cc(=O)n2cc(Cl)ccc2n1. The van der Waals surface area contributed by atoms with Gasteiger partial charge < -0.3 is 4.74 Å². The molecule has 4 rings (SSSR count). The second-order valence-corrected chi connectivity index (χ2v) is 6.98. The van der Waals surface area contributed by atoms with Crippen LogP contribution in [-0.2, 0) is 5.75 Å². The van der Waals surface area contributed by atoms with Gasteiger partial charge in [0.1, 0.15) is 17.7 Å². The summed E-state index contributed by atoms with van der Waals surface area (Å²) in [5, 5.41) is 9.33. The minimum Gasteiger partial charge on any atom is -0.495 e. The molecule has 0 aliphatic rings. The van der Waals surface area contributed by atoms with E-state index < -0.39 is 0 Å². The van der Waals surface area contributed by atoms with Crippen LogP contribution in [0.1, 0.15) is 5.69 Å². The van der Waals surface area contributed by atoms with Gasteiger partial charge in [0, 0.05) is 18.0 Å². The fourth-order valence-electron chi connectivity index (χ4n) is 2.66. The lowest BCUT2D eigenvalue weighted by molar-refractivity contribution is 0.412. The number of methoxy groups -OCH3 is 1. The van der Waals surface area contributed by atoms with Crippen LogP contribution >= 0.6 is 23.4 Å². The van der Waals surface area contributed by atoms with Crippen LogP contribution in [0.3, 0.4) is 0 Å². The molecule has 0 atom stereocenters. The predicted molar refractivity (Wildman–Crippen MR) is 104 cm³/mol. The van der Waals surface area contributed by atoms with Gasteiger partial charge in [0.15, 0.2) is 5.16 Å². The molecule has 7 nitrogen and oxygen atoms in total. The standard InChI is InChI=1S/C18H14ClN5O2S/c1-26-15-5-3-2-4-14(15)24-11-20-22-18(24)27-10-13-8-17(25)23-9-12(19)6-7-16(23)21-13/h2-9,11H,10H2,1H3. The van der Waals surface area contributed by atoms with Gasteiger partial charge in [-0.3, -0.25) is 13.8 Å². The number of aromatic nitrogens is 5. The summed E-state index contributed by atoms with van der Waals surface area (Å²) in [6, 6.07) is 12.5. The van der Waals surface area contributed by atoms with E-state index in [4.69, 9.17) is 16.3 Å². The number of fused-ring (bicyclic) bond motifs is 1. The molecule has 0 aliphatic heterocycles. The van der Waals surface area contributed by atoms with Crippen molar-refractivity contribution in [3.63, 3.8) is 0 Å². The van der Waals surface area contributed by atoms with E-state index in [9.17, 15) is 4.79 Å². The quantitative estimate of drug-likeness (QED) is 0.480. The zero-order valence-corrected chi connectivity index (χ0v) is 15.8. The molecule has 0 N–H and O–H groups in total. The lowest BCUT2D eigenvalue weighted by Crippen LogP contribution is -2.15. The molecule has 0 saturated carbocycles. The molecule has 0 fully saturated rings. The third-order valence-electron chi connectivity index (χ3n) is 3.89. The smallest absolute Gasteiger partial charge is 0.258 e. The van der Waals surface area contributed by atoms with Gasteiger partial charge in [-0.1, -0.05) is 35.5 Å². The topological polar surface area (TPSA) is 74.3 Å². The van der Waals surface area contributed by atoms with E-state index in [1.54, 1.807) is 31.8 Å². The van der Waals surface area contributed by atoms with Crippen LogP contribution < -0.4 is 10.3 Å². The first-order valence-electron chi connectivity index (χ1n) is 8.00. The molecule has 27 heavy (non-hydrogen) atoms. The van der Waals surface area contributed by atoms with Crippen molar-refractivity contribution in [2.75, 3.05) is 7.11 Å². The molecule has 0 saturated heterocycles. The van der Waals surface area contributed by atoms with Gasteiger partial charge in [-0.2, -0.15) is 0 Å². The Morgan fingerprint density at radius 2 is 2.07 bits per heavy atom. The molecule has 0 spiro atoms. The van der Waals surface area contributed by atoms with Crippen LogP contribution in [0, 0.1) is 0 Å². The van der Waals surface area contributed by atoms with Crippen molar-refractivity contribution in [3.8, 4) is 11.4 Å². The molecule has 0 bridgehead atoms. The predicted octanol–water partition coefficient (Wildman–Crippen LogP) is 3.23. The molecule has 0 amide bonds. The summed E-state index contributed by atoms with van der Waals surface area (Å²) < 4.78 is 8.68. The number of para-hydroxylation sites is 2. The molecule has 136 valence electrons. The highest BCUT2D eigenvalue weighted by molar-refractivity contribution is 7.98. The molecule has 0 radical (unpaired) electrons. The maximum Gasteiger partial charge on any atom is 0.258 e. The minimum atomic E-state index is -0.177. The molecule has 4 aromatic rings. The highest BCUT2D eigenvalue weighted by atomic mass is 35.5. The van der Waals surface area contributed by atoms with Gasteiger partial charge in [0.2, 0.25) is 0 Å². The van der Waals surface area contributed by atoms with E-state index in [2.05, 4.69) is 15.2 Å². The normalized spacial score (nSPS) is 11.0. The summed E-state index contributed by atoms with van der Waals surface area (Å²) >= 11 is 7.38. The van der Waals surface area contributed by atoms with Crippen molar-refractivity contribution in [3.05, 3.63) is 76.1 Å². The van der Waals surface area contributed by atoms with Gasteiger partial charge >= 0.3 is 0 Å². The first-order valence-corrected chi connectivity index (χ1v) is 9.36. The van der Waals surface area contributed by atoms with Crippen LogP contribution in [-0.4, -0.2) is 31.3 Å². The summed E-state index contributed by atoms with van der Waals surface area (Å²) in [5.74, 6) is 1.19. The Labute approximate surface area is 163 Å².